The van der Waals surface area contributed by atoms with Gasteiger partial charge >= 0.3 is 16.3 Å². The quantitative estimate of drug-likeness (QED) is 0.212. The van der Waals surface area contributed by atoms with Gasteiger partial charge in [0.1, 0.15) is 18.4 Å². The summed E-state index contributed by atoms with van der Waals surface area (Å²) in [6.45, 7) is 0.330. The van der Waals surface area contributed by atoms with E-state index >= 15 is 0 Å². The number of nitrogens with zero attached hydrogens (tertiary/aromatic N) is 2. The number of fused-ring (bicyclic) bond motifs is 1. The van der Waals surface area contributed by atoms with E-state index in [9.17, 15) is 32.0 Å². The van der Waals surface area contributed by atoms with Gasteiger partial charge in [-0.2, -0.15) is 12.7 Å². The Bertz CT molecular complexity index is 1830. The average Bonchev–Trinajstić information content (AvgIpc) is 3.76. The summed E-state index contributed by atoms with van der Waals surface area (Å²) in [6.07, 6.45) is 1.23. The number of ether oxygens (including phenoxy) is 1. The van der Waals surface area contributed by atoms with Gasteiger partial charge in [0.25, 0.3) is 5.91 Å². The summed E-state index contributed by atoms with van der Waals surface area (Å²) in [5.41, 5.74) is 1.95. The third kappa shape index (κ3) is 7.76. The zero-order valence-corrected chi connectivity index (χ0v) is 28.2. The maximum absolute atomic E-state index is 14.1. The molecule has 1 aliphatic carbocycles. The van der Waals surface area contributed by atoms with Gasteiger partial charge in [0, 0.05) is 48.1 Å². The third-order valence-electron chi connectivity index (χ3n) is 10.0. The molecule has 0 radical (unpaired) electrons. The molecule has 3 atom stereocenters. The number of H-pyrrole nitrogens is 1. The van der Waals surface area contributed by atoms with Crippen molar-refractivity contribution in [1.82, 2.24) is 24.2 Å². The van der Waals surface area contributed by atoms with Gasteiger partial charge in [0.15, 0.2) is 0 Å². The largest absolute Gasteiger partial charge is 0.465 e. The molecule has 2 saturated heterocycles. The number of rotatable bonds is 10. The smallest absolute Gasteiger partial charge is 0.404 e. The second-order valence-corrected chi connectivity index (χ2v) is 14.7. The molecule has 6 rings (SSSR count). The zero-order valence-electron chi connectivity index (χ0n) is 27.3. The number of alkyl halides is 1. The molecule has 50 heavy (non-hydrogen) atoms. The molecule has 14 nitrogen and oxygen atoms in total. The highest BCUT2D eigenvalue weighted by molar-refractivity contribution is 7.87. The van der Waals surface area contributed by atoms with E-state index in [0.717, 1.165) is 9.87 Å². The molecule has 3 aliphatic rings. The van der Waals surface area contributed by atoms with Gasteiger partial charge in [0.2, 0.25) is 11.8 Å². The lowest BCUT2D eigenvalue weighted by molar-refractivity contribution is -0.141. The Balaban J connectivity index is 1.16. The number of morpholine rings is 1. The molecule has 0 unspecified atom stereocenters. The number of amides is 4. The predicted octanol–water partition coefficient (Wildman–Crippen LogP) is 3.21. The Kier molecular flexibility index (Phi) is 10.7. The number of carbonyl (C=O) groups excluding carboxylic acids is 3. The summed E-state index contributed by atoms with van der Waals surface area (Å²) in [5.74, 6) is -2.17. The fourth-order valence-corrected chi connectivity index (χ4v) is 8.53. The first-order valence-electron chi connectivity index (χ1n) is 16.8. The molecular weight excluding hydrogens is 671 g/mol. The molecule has 3 heterocycles. The normalized spacial score (nSPS) is 23.7. The molecule has 5 N–H and O–H groups in total. The number of anilines is 1. The number of aromatic nitrogens is 1. The van der Waals surface area contributed by atoms with Crippen molar-refractivity contribution in [2.45, 2.75) is 50.1 Å². The molecule has 2 aromatic carbocycles. The van der Waals surface area contributed by atoms with E-state index in [1.165, 1.54) is 6.07 Å². The summed E-state index contributed by atoms with van der Waals surface area (Å²) in [4.78, 5) is 56.6. The molecular formula is C34H41FN6O8S. The van der Waals surface area contributed by atoms with E-state index in [-0.39, 0.29) is 61.6 Å². The number of aromatic amines is 1. The fraction of sp³-hybridized carbons (Fsp3) is 0.471. The second kappa shape index (κ2) is 15.1. The molecule has 3 aromatic rings. The number of hydrogen-bond acceptors (Lipinski definition) is 7. The highest BCUT2D eigenvalue weighted by Crippen LogP contribution is 2.38. The molecule has 3 fully saturated rings. The topological polar surface area (TPSA) is 190 Å². The van der Waals surface area contributed by atoms with E-state index in [4.69, 9.17) is 9.84 Å². The van der Waals surface area contributed by atoms with Crippen molar-refractivity contribution >= 4 is 50.6 Å². The van der Waals surface area contributed by atoms with Crippen LogP contribution < -0.4 is 15.4 Å². The fourth-order valence-electron chi connectivity index (χ4n) is 7.43. The maximum atomic E-state index is 14.1. The van der Waals surface area contributed by atoms with E-state index < -0.39 is 41.0 Å². The second-order valence-electron chi connectivity index (χ2n) is 13.0. The lowest BCUT2D eigenvalue weighted by Crippen LogP contribution is -2.49. The van der Waals surface area contributed by atoms with Crippen LogP contribution in [0, 0.1) is 11.8 Å². The van der Waals surface area contributed by atoms with Gasteiger partial charge in [-0.25, -0.2) is 13.9 Å². The number of likely N-dealkylation sites (tertiary alicyclic amines) is 1. The van der Waals surface area contributed by atoms with Gasteiger partial charge in [-0.15, -0.1) is 0 Å². The number of halogens is 1. The van der Waals surface area contributed by atoms with E-state index in [0.29, 0.717) is 55.2 Å². The summed E-state index contributed by atoms with van der Waals surface area (Å²) < 4.78 is 47.4. The van der Waals surface area contributed by atoms with Crippen molar-refractivity contribution in [2.75, 3.05) is 44.8 Å². The van der Waals surface area contributed by atoms with Crippen molar-refractivity contribution < 1.29 is 41.8 Å². The lowest BCUT2D eigenvalue weighted by atomic mass is 9.78. The maximum Gasteiger partial charge on any atom is 0.404 e. The van der Waals surface area contributed by atoms with Crippen molar-refractivity contribution in [1.29, 1.82) is 0 Å². The number of carboxylic acid groups (broad SMARTS) is 1. The van der Waals surface area contributed by atoms with Crippen molar-refractivity contribution in [3.63, 3.8) is 0 Å². The first-order chi connectivity index (χ1) is 24.0. The molecule has 1 aromatic heterocycles. The van der Waals surface area contributed by atoms with Crippen LogP contribution in [0.2, 0.25) is 0 Å². The molecule has 1 saturated carbocycles. The summed E-state index contributed by atoms with van der Waals surface area (Å²) in [5, 5.41) is 14.8. The Morgan fingerprint density at radius 3 is 2.36 bits per heavy atom. The molecule has 0 spiro atoms. The minimum Gasteiger partial charge on any atom is -0.465 e. The van der Waals surface area contributed by atoms with Crippen LogP contribution in [-0.2, 0) is 24.5 Å². The Morgan fingerprint density at radius 2 is 1.68 bits per heavy atom. The summed E-state index contributed by atoms with van der Waals surface area (Å²) in [6, 6.07) is 14.4. The summed E-state index contributed by atoms with van der Waals surface area (Å²) >= 11 is 0. The highest BCUT2D eigenvalue weighted by Gasteiger charge is 2.45. The number of nitrogens with one attached hydrogen (secondary N) is 4. The average molecular weight is 713 g/mol. The van der Waals surface area contributed by atoms with Crippen LogP contribution in [0.15, 0.2) is 54.6 Å². The van der Waals surface area contributed by atoms with Crippen LogP contribution in [-0.4, -0.2) is 103 Å². The van der Waals surface area contributed by atoms with E-state index in [2.05, 4.69) is 20.3 Å². The van der Waals surface area contributed by atoms with Crippen molar-refractivity contribution in [3.8, 4) is 0 Å². The number of benzene rings is 2. The van der Waals surface area contributed by atoms with Crippen LogP contribution >= 0.6 is 0 Å². The van der Waals surface area contributed by atoms with Crippen molar-refractivity contribution in [3.05, 3.63) is 65.9 Å². The number of hydrogen-bond donors (Lipinski definition) is 5. The molecule has 0 bridgehead atoms. The third-order valence-corrected chi connectivity index (χ3v) is 11.5. The molecule has 16 heteroatoms. The molecule has 2 aliphatic heterocycles. The lowest BCUT2D eigenvalue weighted by Gasteiger charge is -2.35. The molecule has 268 valence electrons. The van der Waals surface area contributed by atoms with Crippen LogP contribution in [0.5, 0.6) is 0 Å². The van der Waals surface area contributed by atoms with Crippen LogP contribution in [0.25, 0.3) is 10.9 Å². The van der Waals surface area contributed by atoms with Crippen LogP contribution in [0.4, 0.5) is 14.9 Å². The first kappa shape index (κ1) is 35.3. The standard InChI is InChI=1S/C34H41FN6O8S/c35-20-29(38-34(45)46)22-6-8-23(9-7-22)33(44)41-13-12-26(21-4-2-1-3-5-21)30(41)32(43)36-25-10-11-27-24(18-25)19-28(37-27)31(42)39-50(47,48)40-14-16-49-17-15-40/h1-5,10-11,18-19,22-23,26,29-30,37-38H,6-9,12-17,20H2,(H,36,43)(H,39,42)(H,45,46)/t22-,23-,26-,29-,30+/m1/s1. The van der Waals surface area contributed by atoms with Crippen LogP contribution in [0.3, 0.4) is 0 Å². The van der Waals surface area contributed by atoms with Gasteiger partial charge in [-0.1, -0.05) is 30.3 Å². The minimum atomic E-state index is -4.06. The van der Waals surface area contributed by atoms with Gasteiger partial charge in [0.05, 0.1) is 19.3 Å². The first-order valence-corrected chi connectivity index (χ1v) is 18.2. The van der Waals surface area contributed by atoms with Crippen LogP contribution in [0.1, 0.15) is 54.1 Å². The van der Waals surface area contributed by atoms with E-state index in [1.807, 2.05) is 30.3 Å². The van der Waals surface area contributed by atoms with Crippen molar-refractivity contribution in [2.24, 2.45) is 11.8 Å². The van der Waals surface area contributed by atoms with Gasteiger partial charge < -0.3 is 30.4 Å². The SMILES string of the molecule is O=C(O)N[C@H](CF)[C@H]1CC[C@H](C(=O)N2CC[C@H](c3ccccc3)[C@H]2C(=O)Nc2ccc3[nH]c(C(=O)NS(=O)(=O)N4CCOCC4)cc3c2)CC1. The van der Waals surface area contributed by atoms with Gasteiger partial charge in [-0.05, 0) is 67.9 Å². The Morgan fingerprint density at radius 1 is 0.960 bits per heavy atom. The number of carbonyl (C=O) groups is 4. The summed E-state index contributed by atoms with van der Waals surface area (Å²) in [7, 11) is -4.06. The highest BCUT2D eigenvalue weighted by atomic mass is 32.2. The van der Waals surface area contributed by atoms with E-state index in [1.54, 1.807) is 23.1 Å². The Labute approximate surface area is 288 Å². The predicted molar refractivity (Wildman–Crippen MR) is 181 cm³/mol. The zero-order chi connectivity index (χ0) is 35.4. The van der Waals surface area contributed by atoms with Gasteiger partial charge in [-0.3, -0.25) is 14.4 Å². The Hall–Kier alpha value is -4.54. The monoisotopic (exact) mass is 712 g/mol. The molecule has 4 amide bonds. The minimum absolute atomic E-state index is 0.0308.